The third-order valence-electron chi connectivity index (χ3n) is 5.87. The Balaban J connectivity index is 1.53. The molecule has 0 saturated carbocycles. The van der Waals surface area contributed by atoms with Gasteiger partial charge in [-0.15, -0.1) is 0 Å². The fourth-order valence-electron chi connectivity index (χ4n) is 4.17. The van der Waals surface area contributed by atoms with Crippen molar-refractivity contribution in [2.45, 2.75) is 25.2 Å². The molecule has 172 valence electrons. The van der Waals surface area contributed by atoms with E-state index in [2.05, 4.69) is 5.32 Å². The van der Waals surface area contributed by atoms with Gasteiger partial charge in [0.05, 0.1) is 12.1 Å². The van der Waals surface area contributed by atoms with E-state index in [1.165, 1.54) is 0 Å². The minimum Gasteiger partial charge on any atom is -0.445 e. The average molecular weight is 485 g/mol. The monoisotopic (exact) mass is 484 g/mol. The van der Waals surface area contributed by atoms with Crippen molar-refractivity contribution in [3.63, 3.8) is 0 Å². The Kier molecular flexibility index (Phi) is 7.76. The molecule has 0 aromatic heterocycles. The standard InChI is InChI=1S/C26H26Cl2N2O3/c27-20-9-4-8-19(14-20)25(29-22-11-5-10-21(28)15-22)23-16-30(13-12-24(23)31)26(32)33-17-18-6-2-1-3-7-18/h1-11,14-15,23-25,29,31H,12-13,16-17H2/t23-,24+,25-/m1/s1. The smallest absolute Gasteiger partial charge is 0.410 e. The van der Waals surface area contributed by atoms with Gasteiger partial charge in [-0.05, 0) is 47.9 Å². The van der Waals surface area contributed by atoms with Gasteiger partial charge in [-0.3, -0.25) is 0 Å². The number of aliphatic hydroxyl groups is 1. The van der Waals surface area contributed by atoms with E-state index in [0.29, 0.717) is 29.6 Å². The van der Waals surface area contributed by atoms with Crippen molar-refractivity contribution in [3.8, 4) is 0 Å². The van der Waals surface area contributed by atoms with Gasteiger partial charge >= 0.3 is 6.09 Å². The number of likely N-dealkylation sites (tertiary alicyclic amines) is 1. The van der Waals surface area contributed by atoms with E-state index in [1.54, 1.807) is 11.0 Å². The maximum absolute atomic E-state index is 12.8. The zero-order valence-electron chi connectivity index (χ0n) is 18.0. The van der Waals surface area contributed by atoms with Gasteiger partial charge in [0.2, 0.25) is 0 Å². The van der Waals surface area contributed by atoms with Gasteiger partial charge in [-0.2, -0.15) is 0 Å². The van der Waals surface area contributed by atoms with Crippen LogP contribution in [-0.4, -0.2) is 35.3 Å². The molecular formula is C26H26Cl2N2O3. The number of piperidine rings is 1. The molecular weight excluding hydrogens is 459 g/mol. The molecule has 1 aliphatic heterocycles. The van der Waals surface area contributed by atoms with Crippen LogP contribution in [0.5, 0.6) is 0 Å². The normalized spacial score (nSPS) is 19.1. The molecule has 0 unspecified atom stereocenters. The number of amides is 1. The molecule has 4 rings (SSSR count). The highest BCUT2D eigenvalue weighted by Gasteiger charge is 2.37. The lowest BCUT2D eigenvalue weighted by molar-refractivity contribution is 0.0117. The minimum absolute atomic E-state index is 0.210. The van der Waals surface area contributed by atoms with Crippen LogP contribution < -0.4 is 5.32 Å². The number of hydrogen-bond acceptors (Lipinski definition) is 4. The van der Waals surface area contributed by atoms with E-state index in [-0.39, 0.29) is 24.7 Å². The molecule has 1 aliphatic rings. The number of rotatable bonds is 6. The van der Waals surface area contributed by atoms with Crippen molar-refractivity contribution in [1.82, 2.24) is 4.90 Å². The summed E-state index contributed by atoms with van der Waals surface area (Å²) in [6, 6.07) is 24.2. The highest BCUT2D eigenvalue weighted by Crippen LogP contribution is 2.35. The predicted molar refractivity (Wildman–Crippen MR) is 132 cm³/mol. The van der Waals surface area contributed by atoms with Crippen LogP contribution in [0.1, 0.15) is 23.6 Å². The second-order valence-corrected chi connectivity index (χ2v) is 9.07. The number of aliphatic hydroxyl groups excluding tert-OH is 1. The van der Waals surface area contributed by atoms with Gasteiger partial charge in [0.15, 0.2) is 0 Å². The van der Waals surface area contributed by atoms with Gasteiger partial charge in [-0.25, -0.2) is 4.79 Å². The number of ether oxygens (including phenoxy) is 1. The Morgan fingerprint density at radius 2 is 1.76 bits per heavy atom. The number of hydrogen-bond donors (Lipinski definition) is 2. The highest BCUT2D eigenvalue weighted by molar-refractivity contribution is 6.31. The van der Waals surface area contributed by atoms with Crippen molar-refractivity contribution >= 4 is 35.0 Å². The molecule has 0 aliphatic carbocycles. The molecule has 1 amide bonds. The summed E-state index contributed by atoms with van der Waals surface area (Å²) in [6.07, 6.45) is -0.526. The van der Waals surface area contributed by atoms with Gasteiger partial charge in [0.25, 0.3) is 0 Å². The Morgan fingerprint density at radius 3 is 2.48 bits per heavy atom. The lowest BCUT2D eigenvalue weighted by Gasteiger charge is -2.40. The van der Waals surface area contributed by atoms with Crippen molar-refractivity contribution in [2.24, 2.45) is 5.92 Å². The molecule has 1 heterocycles. The summed E-state index contributed by atoms with van der Waals surface area (Å²) < 4.78 is 5.54. The van der Waals surface area contributed by atoms with Gasteiger partial charge < -0.3 is 20.1 Å². The van der Waals surface area contributed by atoms with E-state index in [1.807, 2.05) is 72.8 Å². The fraction of sp³-hybridized carbons (Fsp3) is 0.269. The fourth-order valence-corrected chi connectivity index (χ4v) is 4.56. The summed E-state index contributed by atoms with van der Waals surface area (Å²) in [6.45, 7) is 0.992. The van der Waals surface area contributed by atoms with E-state index in [9.17, 15) is 9.90 Å². The first-order valence-corrected chi connectivity index (χ1v) is 11.7. The Hall–Kier alpha value is -2.73. The first kappa shape index (κ1) is 23.4. The molecule has 33 heavy (non-hydrogen) atoms. The second kappa shape index (κ2) is 10.9. The molecule has 0 radical (unpaired) electrons. The minimum atomic E-state index is -0.598. The van der Waals surface area contributed by atoms with Gasteiger partial charge in [0, 0.05) is 34.7 Å². The lowest BCUT2D eigenvalue weighted by Crippen LogP contribution is -2.49. The quantitative estimate of drug-likeness (QED) is 0.439. The van der Waals surface area contributed by atoms with Crippen molar-refractivity contribution in [2.75, 3.05) is 18.4 Å². The topological polar surface area (TPSA) is 61.8 Å². The number of carbonyl (C=O) groups excluding carboxylic acids is 1. The molecule has 5 nitrogen and oxygen atoms in total. The van der Waals surface area contributed by atoms with Crippen molar-refractivity contribution < 1.29 is 14.6 Å². The van der Waals surface area contributed by atoms with E-state index < -0.39 is 6.10 Å². The number of benzene rings is 3. The molecule has 1 saturated heterocycles. The number of nitrogens with zero attached hydrogens (tertiary/aromatic N) is 1. The van der Waals surface area contributed by atoms with Crippen LogP contribution in [0, 0.1) is 5.92 Å². The summed E-state index contributed by atoms with van der Waals surface area (Å²) in [5, 5.41) is 15.6. The first-order valence-electron chi connectivity index (χ1n) is 10.9. The molecule has 0 bridgehead atoms. The third-order valence-corrected chi connectivity index (χ3v) is 6.34. The first-order chi connectivity index (χ1) is 16.0. The van der Waals surface area contributed by atoms with Crippen LogP contribution in [0.25, 0.3) is 0 Å². The number of halogens is 2. The maximum Gasteiger partial charge on any atom is 0.410 e. The van der Waals surface area contributed by atoms with Crippen LogP contribution in [-0.2, 0) is 11.3 Å². The molecule has 3 atom stereocenters. The Morgan fingerprint density at radius 1 is 1.03 bits per heavy atom. The summed E-state index contributed by atoms with van der Waals surface area (Å²) in [5.41, 5.74) is 2.67. The summed E-state index contributed by atoms with van der Waals surface area (Å²) in [4.78, 5) is 14.5. The Labute approximate surface area is 203 Å². The number of anilines is 1. The summed E-state index contributed by atoms with van der Waals surface area (Å²) in [7, 11) is 0. The maximum atomic E-state index is 12.8. The molecule has 1 fully saturated rings. The molecule has 7 heteroatoms. The van der Waals surface area contributed by atoms with Crippen LogP contribution in [0.3, 0.4) is 0 Å². The largest absolute Gasteiger partial charge is 0.445 e. The molecule has 3 aromatic carbocycles. The number of nitrogens with one attached hydrogen (secondary N) is 1. The second-order valence-electron chi connectivity index (χ2n) is 8.19. The van der Waals surface area contributed by atoms with Crippen molar-refractivity contribution in [3.05, 3.63) is 100 Å². The molecule has 2 N–H and O–H groups in total. The van der Waals surface area contributed by atoms with Crippen LogP contribution in [0.2, 0.25) is 10.0 Å². The van der Waals surface area contributed by atoms with E-state index >= 15 is 0 Å². The SMILES string of the molecule is O=C(OCc1ccccc1)N1CC[C@H](O)[C@H]([C@H](Nc2cccc(Cl)c2)c2cccc(Cl)c2)C1. The average Bonchev–Trinajstić information content (AvgIpc) is 2.82. The van der Waals surface area contributed by atoms with E-state index in [4.69, 9.17) is 27.9 Å². The van der Waals surface area contributed by atoms with Crippen LogP contribution in [0.4, 0.5) is 10.5 Å². The molecule has 3 aromatic rings. The van der Waals surface area contributed by atoms with E-state index in [0.717, 1.165) is 16.8 Å². The van der Waals surface area contributed by atoms with Crippen LogP contribution in [0.15, 0.2) is 78.9 Å². The van der Waals surface area contributed by atoms with Gasteiger partial charge in [0.1, 0.15) is 6.61 Å². The Bertz CT molecular complexity index is 1080. The highest BCUT2D eigenvalue weighted by atomic mass is 35.5. The zero-order valence-corrected chi connectivity index (χ0v) is 19.5. The summed E-state index contributed by atoms with van der Waals surface area (Å²) in [5.74, 6) is -0.277. The summed E-state index contributed by atoms with van der Waals surface area (Å²) >= 11 is 12.5. The zero-order chi connectivity index (χ0) is 23.2. The van der Waals surface area contributed by atoms with Crippen LogP contribution >= 0.6 is 23.2 Å². The molecule has 0 spiro atoms. The van der Waals surface area contributed by atoms with Gasteiger partial charge in [-0.1, -0.05) is 71.7 Å². The number of carbonyl (C=O) groups is 1. The van der Waals surface area contributed by atoms with Crippen molar-refractivity contribution in [1.29, 1.82) is 0 Å². The predicted octanol–water partition coefficient (Wildman–Crippen LogP) is 6.17. The third kappa shape index (κ3) is 6.20. The lowest BCUT2D eigenvalue weighted by atomic mass is 9.84.